The zero-order valence-corrected chi connectivity index (χ0v) is 13.9. The Hall–Kier alpha value is -3.61. The van der Waals surface area contributed by atoms with E-state index < -0.39 is 0 Å². The first kappa shape index (κ1) is 17.2. The van der Waals surface area contributed by atoms with Gasteiger partial charge in [0.05, 0.1) is 23.4 Å². The van der Waals surface area contributed by atoms with E-state index >= 15 is 0 Å². The number of nitrogens with one attached hydrogen (secondary N) is 2. The minimum atomic E-state index is -0.315. The molecule has 0 unspecified atom stereocenters. The summed E-state index contributed by atoms with van der Waals surface area (Å²) in [5.74, 6) is -0.620. The maximum atomic E-state index is 12.3. The second-order valence-corrected chi connectivity index (χ2v) is 5.51. The van der Waals surface area contributed by atoms with Gasteiger partial charge in [0, 0.05) is 37.5 Å². The Morgan fingerprint density at radius 3 is 2.23 bits per heavy atom. The van der Waals surface area contributed by atoms with Crippen LogP contribution < -0.4 is 10.6 Å². The van der Waals surface area contributed by atoms with Gasteiger partial charge in [-0.05, 0) is 29.8 Å². The van der Waals surface area contributed by atoms with Crippen molar-refractivity contribution in [2.75, 3.05) is 0 Å². The van der Waals surface area contributed by atoms with Crippen LogP contribution in [0.15, 0.2) is 67.4 Å². The molecule has 0 bridgehead atoms. The van der Waals surface area contributed by atoms with Crippen LogP contribution in [-0.2, 0) is 13.1 Å². The summed E-state index contributed by atoms with van der Waals surface area (Å²) in [4.78, 5) is 36.6. The molecule has 2 amide bonds. The molecular formula is C19H17N5O2. The van der Waals surface area contributed by atoms with Gasteiger partial charge in [0.1, 0.15) is 0 Å². The summed E-state index contributed by atoms with van der Waals surface area (Å²) in [5.41, 5.74) is 2.27. The Bertz CT molecular complexity index is 814. The molecule has 0 aromatic carbocycles. The van der Waals surface area contributed by atoms with Crippen molar-refractivity contribution in [3.05, 3.63) is 89.8 Å². The number of carbonyl (C=O) groups is 2. The normalized spacial score (nSPS) is 10.2. The minimum Gasteiger partial charge on any atom is -0.348 e. The van der Waals surface area contributed by atoms with E-state index in [4.69, 9.17) is 0 Å². The van der Waals surface area contributed by atoms with Crippen molar-refractivity contribution in [3.8, 4) is 0 Å². The summed E-state index contributed by atoms with van der Waals surface area (Å²) in [6.07, 6.45) is 7.86. The van der Waals surface area contributed by atoms with E-state index in [-0.39, 0.29) is 11.8 Å². The van der Waals surface area contributed by atoms with Gasteiger partial charge in [0.2, 0.25) is 0 Å². The van der Waals surface area contributed by atoms with Gasteiger partial charge >= 0.3 is 0 Å². The lowest BCUT2D eigenvalue weighted by Crippen LogP contribution is -2.26. The molecule has 3 aromatic heterocycles. The van der Waals surface area contributed by atoms with Crippen LogP contribution in [0.3, 0.4) is 0 Å². The van der Waals surface area contributed by atoms with Gasteiger partial charge in [-0.1, -0.05) is 12.1 Å². The monoisotopic (exact) mass is 347 g/mol. The molecule has 7 heteroatoms. The lowest BCUT2D eigenvalue weighted by molar-refractivity contribution is 0.0950. The number of nitrogens with zero attached hydrogens (tertiary/aromatic N) is 3. The lowest BCUT2D eigenvalue weighted by Gasteiger charge is -2.07. The highest BCUT2D eigenvalue weighted by atomic mass is 16.2. The van der Waals surface area contributed by atoms with Crippen LogP contribution in [0.25, 0.3) is 0 Å². The molecule has 0 radical (unpaired) electrons. The van der Waals surface area contributed by atoms with Gasteiger partial charge < -0.3 is 10.6 Å². The van der Waals surface area contributed by atoms with Crippen molar-refractivity contribution >= 4 is 11.8 Å². The third-order valence-corrected chi connectivity index (χ3v) is 3.59. The first-order valence-electron chi connectivity index (χ1n) is 8.02. The maximum Gasteiger partial charge on any atom is 0.253 e. The van der Waals surface area contributed by atoms with Crippen LogP contribution >= 0.6 is 0 Å². The molecule has 0 atom stereocenters. The predicted octanol–water partition coefficient (Wildman–Crippen LogP) is 1.73. The third-order valence-electron chi connectivity index (χ3n) is 3.59. The highest BCUT2D eigenvalue weighted by Gasteiger charge is 2.11. The van der Waals surface area contributed by atoms with E-state index in [1.165, 1.54) is 18.5 Å². The molecule has 0 spiro atoms. The summed E-state index contributed by atoms with van der Waals surface area (Å²) in [7, 11) is 0. The van der Waals surface area contributed by atoms with Gasteiger partial charge in [-0.3, -0.25) is 24.5 Å². The van der Waals surface area contributed by atoms with Crippen LogP contribution in [0.5, 0.6) is 0 Å². The molecule has 3 aromatic rings. The molecule has 2 N–H and O–H groups in total. The second kappa shape index (κ2) is 8.48. The molecule has 3 rings (SSSR count). The summed E-state index contributed by atoms with van der Waals surface area (Å²) in [5, 5.41) is 5.54. The smallest absolute Gasteiger partial charge is 0.253 e. The molecule has 7 nitrogen and oxygen atoms in total. The Labute approximate surface area is 150 Å². The molecule has 26 heavy (non-hydrogen) atoms. The molecular weight excluding hydrogens is 330 g/mol. The Kier molecular flexibility index (Phi) is 5.61. The number of carbonyl (C=O) groups excluding carboxylic acids is 2. The van der Waals surface area contributed by atoms with Crippen LogP contribution in [0.2, 0.25) is 0 Å². The predicted molar refractivity (Wildman–Crippen MR) is 95.1 cm³/mol. The zero-order chi connectivity index (χ0) is 18.2. The van der Waals surface area contributed by atoms with Crippen molar-refractivity contribution in [2.45, 2.75) is 13.1 Å². The Morgan fingerprint density at radius 2 is 1.58 bits per heavy atom. The van der Waals surface area contributed by atoms with Gasteiger partial charge in [-0.25, -0.2) is 0 Å². The quantitative estimate of drug-likeness (QED) is 0.708. The van der Waals surface area contributed by atoms with Crippen molar-refractivity contribution < 1.29 is 9.59 Å². The van der Waals surface area contributed by atoms with Crippen molar-refractivity contribution in [1.82, 2.24) is 25.6 Å². The van der Waals surface area contributed by atoms with E-state index in [1.54, 1.807) is 24.7 Å². The number of hydrogen-bond acceptors (Lipinski definition) is 5. The average Bonchev–Trinajstić information content (AvgIpc) is 2.72. The summed E-state index contributed by atoms with van der Waals surface area (Å²) in [6.45, 7) is 0.653. The number of hydrogen-bond donors (Lipinski definition) is 2. The standard InChI is InChI=1S/C19H17N5O2/c25-18(23-10-14-4-3-6-20-9-14)15-8-16(12-21-11-15)19(26)24-13-17-5-1-2-7-22-17/h1-9,11-12H,10,13H2,(H,23,25)(H,24,26). The zero-order valence-electron chi connectivity index (χ0n) is 13.9. The van der Waals surface area contributed by atoms with Crippen LogP contribution in [0, 0.1) is 0 Å². The number of pyridine rings is 3. The lowest BCUT2D eigenvalue weighted by atomic mass is 10.1. The van der Waals surface area contributed by atoms with Gasteiger partial charge in [-0.2, -0.15) is 0 Å². The first-order valence-corrected chi connectivity index (χ1v) is 8.02. The number of amides is 2. The largest absolute Gasteiger partial charge is 0.348 e. The fourth-order valence-corrected chi connectivity index (χ4v) is 2.25. The van der Waals surface area contributed by atoms with E-state index in [2.05, 4.69) is 25.6 Å². The van der Waals surface area contributed by atoms with E-state index in [9.17, 15) is 9.59 Å². The van der Waals surface area contributed by atoms with Gasteiger partial charge in [0.15, 0.2) is 0 Å². The second-order valence-electron chi connectivity index (χ2n) is 5.51. The highest BCUT2D eigenvalue weighted by molar-refractivity contribution is 5.99. The molecule has 0 saturated carbocycles. The first-order chi connectivity index (χ1) is 12.7. The maximum absolute atomic E-state index is 12.3. The van der Waals surface area contributed by atoms with Crippen molar-refractivity contribution in [3.63, 3.8) is 0 Å². The SMILES string of the molecule is O=C(NCc1cccnc1)c1cncc(C(=O)NCc2ccccn2)c1. The van der Waals surface area contributed by atoms with E-state index in [0.717, 1.165) is 11.3 Å². The van der Waals surface area contributed by atoms with Gasteiger partial charge in [-0.15, -0.1) is 0 Å². The molecule has 0 saturated heterocycles. The molecule has 0 aliphatic heterocycles. The number of rotatable bonds is 6. The van der Waals surface area contributed by atoms with Crippen molar-refractivity contribution in [2.24, 2.45) is 0 Å². The number of aromatic nitrogens is 3. The molecule has 0 aliphatic rings. The van der Waals surface area contributed by atoms with E-state index in [1.807, 2.05) is 24.3 Å². The summed E-state index contributed by atoms with van der Waals surface area (Å²) >= 11 is 0. The molecule has 3 heterocycles. The molecule has 130 valence electrons. The summed E-state index contributed by atoms with van der Waals surface area (Å²) < 4.78 is 0. The van der Waals surface area contributed by atoms with Crippen LogP contribution in [0.1, 0.15) is 32.0 Å². The fourth-order valence-electron chi connectivity index (χ4n) is 2.25. The van der Waals surface area contributed by atoms with E-state index in [0.29, 0.717) is 24.2 Å². The van der Waals surface area contributed by atoms with Crippen molar-refractivity contribution in [1.29, 1.82) is 0 Å². The third kappa shape index (κ3) is 4.70. The van der Waals surface area contributed by atoms with Gasteiger partial charge in [0.25, 0.3) is 11.8 Å². The topological polar surface area (TPSA) is 96.9 Å². The Balaban J connectivity index is 1.60. The molecule has 0 fully saturated rings. The Morgan fingerprint density at radius 1 is 0.808 bits per heavy atom. The highest BCUT2D eigenvalue weighted by Crippen LogP contribution is 2.05. The summed E-state index contributed by atoms with van der Waals surface area (Å²) in [6, 6.07) is 10.7. The van der Waals surface area contributed by atoms with Crippen LogP contribution in [0.4, 0.5) is 0 Å². The van der Waals surface area contributed by atoms with Crippen LogP contribution in [-0.4, -0.2) is 26.8 Å². The molecule has 0 aliphatic carbocycles. The minimum absolute atomic E-state index is 0.303. The fraction of sp³-hybridized carbons (Fsp3) is 0.105. The average molecular weight is 347 g/mol.